The molecular formula is C22H20F5N3O3. The molecule has 2 aromatic carbocycles. The molecule has 176 valence electrons. The Kier molecular flexibility index (Phi) is 6.92. The first-order chi connectivity index (χ1) is 15.5. The second-order valence-electron chi connectivity index (χ2n) is 7.48. The summed E-state index contributed by atoms with van der Waals surface area (Å²) in [5.74, 6) is -4.75. The van der Waals surface area contributed by atoms with Gasteiger partial charge < -0.3 is 9.84 Å². The van der Waals surface area contributed by atoms with Crippen LogP contribution in [0.4, 0.5) is 27.6 Å². The summed E-state index contributed by atoms with van der Waals surface area (Å²) in [6.07, 6.45) is -5.65. The Morgan fingerprint density at radius 1 is 1.24 bits per heavy atom. The maximum atomic E-state index is 14.1. The number of alkyl halides is 3. The third kappa shape index (κ3) is 4.77. The van der Waals surface area contributed by atoms with Gasteiger partial charge in [0.2, 0.25) is 5.82 Å². The van der Waals surface area contributed by atoms with Crippen LogP contribution in [0.25, 0.3) is 0 Å². The van der Waals surface area contributed by atoms with Crippen molar-refractivity contribution in [2.45, 2.75) is 44.0 Å². The van der Waals surface area contributed by atoms with Crippen LogP contribution >= 0.6 is 0 Å². The number of halogens is 5. The highest BCUT2D eigenvalue weighted by molar-refractivity contribution is 5.98. The number of benzene rings is 2. The van der Waals surface area contributed by atoms with Gasteiger partial charge in [-0.25, -0.2) is 4.39 Å². The van der Waals surface area contributed by atoms with E-state index in [2.05, 4.69) is 15.2 Å². The minimum Gasteiger partial charge on any atom is -0.493 e. The van der Waals surface area contributed by atoms with Crippen molar-refractivity contribution in [3.05, 3.63) is 58.7 Å². The molecule has 0 unspecified atom stereocenters. The Morgan fingerprint density at radius 3 is 2.61 bits per heavy atom. The smallest absolute Gasteiger partial charge is 0.422 e. The molecule has 0 radical (unpaired) electrons. The van der Waals surface area contributed by atoms with Crippen LogP contribution in [0.15, 0.2) is 45.6 Å². The number of carbonyl (C=O) groups is 1. The molecule has 0 aromatic heterocycles. The molecule has 33 heavy (non-hydrogen) atoms. The van der Waals surface area contributed by atoms with E-state index in [1.807, 2.05) is 0 Å². The molecule has 0 saturated heterocycles. The lowest BCUT2D eigenvalue weighted by Crippen LogP contribution is -2.47. The molecule has 6 nitrogen and oxygen atoms in total. The number of carbonyl (C=O) groups excluding carboxylic acids is 1. The van der Waals surface area contributed by atoms with Crippen molar-refractivity contribution in [3.8, 4) is 5.75 Å². The van der Waals surface area contributed by atoms with Gasteiger partial charge in [0, 0.05) is 17.3 Å². The van der Waals surface area contributed by atoms with Gasteiger partial charge in [-0.1, -0.05) is 19.1 Å². The van der Waals surface area contributed by atoms with Crippen LogP contribution in [-0.2, 0) is 6.54 Å². The molecule has 0 spiro atoms. The van der Waals surface area contributed by atoms with Crippen LogP contribution in [0.5, 0.6) is 5.75 Å². The zero-order chi connectivity index (χ0) is 24.4. The lowest BCUT2D eigenvalue weighted by Gasteiger charge is -2.31. The maximum Gasteiger partial charge on any atom is 0.422 e. The van der Waals surface area contributed by atoms with E-state index >= 15 is 0 Å². The van der Waals surface area contributed by atoms with Gasteiger partial charge in [-0.05, 0) is 37.0 Å². The van der Waals surface area contributed by atoms with Gasteiger partial charge in [0.15, 0.2) is 17.2 Å². The summed E-state index contributed by atoms with van der Waals surface area (Å²) in [5.41, 5.74) is -2.95. The van der Waals surface area contributed by atoms with Crippen LogP contribution in [0.3, 0.4) is 0 Å². The lowest BCUT2D eigenvalue weighted by atomic mass is 9.83. The van der Waals surface area contributed by atoms with Crippen LogP contribution < -0.4 is 4.74 Å². The van der Waals surface area contributed by atoms with Crippen LogP contribution in [0.1, 0.15) is 47.2 Å². The minimum absolute atomic E-state index is 0.0157. The van der Waals surface area contributed by atoms with Crippen molar-refractivity contribution >= 4 is 17.8 Å². The van der Waals surface area contributed by atoms with E-state index in [1.165, 1.54) is 18.2 Å². The molecule has 1 N–H and O–H groups in total. The van der Waals surface area contributed by atoms with Crippen LogP contribution in [0.2, 0.25) is 0 Å². The van der Waals surface area contributed by atoms with E-state index in [-0.39, 0.29) is 35.3 Å². The van der Waals surface area contributed by atoms with E-state index < -0.39 is 47.4 Å². The first kappa shape index (κ1) is 24.4. The van der Waals surface area contributed by atoms with E-state index in [9.17, 15) is 31.9 Å². The number of azo groups is 1. The van der Waals surface area contributed by atoms with Crippen molar-refractivity contribution in [1.29, 1.82) is 0 Å². The number of nitrogens with zero attached hydrogens (tertiary/aromatic N) is 3. The number of fused-ring (bicyclic) bond motifs is 1. The highest BCUT2D eigenvalue weighted by Gasteiger charge is 2.54. The zero-order valence-corrected chi connectivity index (χ0v) is 17.7. The van der Waals surface area contributed by atoms with Crippen molar-refractivity contribution in [1.82, 2.24) is 0 Å². The normalized spacial score (nSPS) is 16.5. The van der Waals surface area contributed by atoms with Crippen LogP contribution in [0, 0.1) is 11.6 Å². The summed E-state index contributed by atoms with van der Waals surface area (Å²) in [4.78, 5) is 15.7. The third-order valence-corrected chi connectivity index (χ3v) is 5.45. The van der Waals surface area contributed by atoms with Crippen molar-refractivity contribution in [2.24, 2.45) is 15.2 Å². The molecule has 0 bridgehead atoms. The van der Waals surface area contributed by atoms with Gasteiger partial charge in [0.25, 0.3) is 5.91 Å². The summed E-state index contributed by atoms with van der Waals surface area (Å²) < 4.78 is 74.4. The topological polar surface area (TPSA) is 83.6 Å². The second kappa shape index (κ2) is 9.34. The number of hydrogen-bond acceptors (Lipinski definition) is 5. The third-order valence-electron chi connectivity index (χ3n) is 5.45. The quantitative estimate of drug-likeness (QED) is 0.420. The predicted molar refractivity (Wildman–Crippen MR) is 109 cm³/mol. The van der Waals surface area contributed by atoms with E-state index in [0.29, 0.717) is 6.21 Å². The molecule has 0 aliphatic carbocycles. The monoisotopic (exact) mass is 469 g/mol. The molecule has 0 saturated carbocycles. The Labute approximate surface area is 185 Å². The van der Waals surface area contributed by atoms with Gasteiger partial charge in [-0.15, -0.1) is 5.11 Å². The largest absolute Gasteiger partial charge is 0.493 e. The second-order valence-corrected chi connectivity index (χ2v) is 7.48. The van der Waals surface area contributed by atoms with E-state index in [1.54, 1.807) is 6.92 Å². The highest BCUT2D eigenvalue weighted by Crippen LogP contribution is 2.42. The maximum absolute atomic E-state index is 14.1. The predicted octanol–water partition coefficient (Wildman–Crippen LogP) is 5.66. The number of amides is 1. The first-order valence-electron chi connectivity index (χ1n) is 9.92. The Hall–Kier alpha value is -3.21. The number of aliphatic imine (C=N–C) groups is 1. The molecule has 1 aliphatic rings. The fourth-order valence-corrected chi connectivity index (χ4v) is 3.63. The van der Waals surface area contributed by atoms with Gasteiger partial charge >= 0.3 is 6.18 Å². The molecule has 1 heterocycles. The number of aliphatic hydroxyl groups is 1. The highest BCUT2D eigenvalue weighted by atomic mass is 19.4. The van der Waals surface area contributed by atoms with Crippen molar-refractivity contribution < 1.29 is 36.6 Å². The SMILES string of the molecule is CC[C@H](C[C@@](O)(C=Nc1cccc2c1CN=NC2=O)C(F)(F)F)c1ccc(F)c(F)c1OC. The Balaban J connectivity index is 2.01. The summed E-state index contributed by atoms with van der Waals surface area (Å²) in [6, 6.07) is 6.18. The standard InChI is InChI=1S/C22H20F5N3O3/c1-3-12(13-7-8-16(23)18(24)19(13)33-2)9-21(32,22(25,26)27)11-28-17-6-4-5-14-15(17)10-29-30-20(14)31/h4-8,11-12,32H,3,9-10H2,1-2H3/t12-,21-/m1/s1. The molecule has 1 aliphatic heterocycles. The Bertz CT molecular complexity index is 1120. The molecule has 2 atom stereocenters. The summed E-state index contributed by atoms with van der Waals surface area (Å²) in [6.45, 7) is 1.49. The number of ether oxygens (including phenoxy) is 1. The Morgan fingerprint density at radius 2 is 1.97 bits per heavy atom. The average Bonchev–Trinajstić information content (AvgIpc) is 2.77. The average molecular weight is 469 g/mol. The molecule has 3 rings (SSSR count). The zero-order valence-electron chi connectivity index (χ0n) is 17.7. The lowest BCUT2D eigenvalue weighted by molar-refractivity contribution is -0.232. The van der Waals surface area contributed by atoms with Gasteiger partial charge in [-0.3, -0.25) is 9.79 Å². The first-order valence-corrected chi connectivity index (χ1v) is 9.92. The number of rotatable bonds is 7. The fraction of sp³-hybridized carbons (Fsp3) is 0.364. The van der Waals surface area contributed by atoms with E-state index in [0.717, 1.165) is 19.2 Å². The van der Waals surface area contributed by atoms with Crippen molar-refractivity contribution in [2.75, 3.05) is 7.11 Å². The molecular weight excluding hydrogens is 449 g/mol. The summed E-state index contributed by atoms with van der Waals surface area (Å²) in [5, 5.41) is 17.7. The van der Waals surface area contributed by atoms with Gasteiger partial charge in [-0.2, -0.15) is 22.7 Å². The van der Waals surface area contributed by atoms with Gasteiger partial charge in [0.1, 0.15) is 0 Å². The summed E-state index contributed by atoms with van der Waals surface area (Å²) in [7, 11) is 1.07. The molecule has 1 amide bonds. The number of hydrogen-bond donors (Lipinski definition) is 1. The van der Waals surface area contributed by atoms with Gasteiger partial charge in [0.05, 0.1) is 24.9 Å². The summed E-state index contributed by atoms with van der Waals surface area (Å²) >= 11 is 0. The molecule has 11 heteroatoms. The molecule has 0 fully saturated rings. The molecule has 2 aromatic rings. The number of methoxy groups -OCH3 is 1. The fourth-order valence-electron chi connectivity index (χ4n) is 3.63. The van der Waals surface area contributed by atoms with Crippen LogP contribution in [-0.4, -0.2) is 36.1 Å². The minimum atomic E-state index is -5.14. The van der Waals surface area contributed by atoms with E-state index in [4.69, 9.17) is 4.74 Å². The van der Waals surface area contributed by atoms with Crippen molar-refractivity contribution in [3.63, 3.8) is 0 Å².